The molecule has 1 aromatic rings. The van der Waals surface area contributed by atoms with Gasteiger partial charge in [-0.25, -0.2) is 0 Å². The van der Waals surface area contributed by atoms with E-state index in [0.29, 0.717) is 6.54 Å². The van der Waals surface area contributed by atoms with Gasteiger partial charge in [0.25, 0.3) is 0 Å². The third-order valence-electron chi connectivity index (χ3n) is 2.07. The van der Waals surface area contributed by atoms with Gasteiger partial charge in [0.15, 0.2) is 0 Å². The molecule has 3 nitrogen and oxygen atoms in total. The highest BCUT2D eigenvalue weighted by Gasteiger charge is 1.98. The Morgan fingerprint density at radius 2 is 2.47 bits per heavy atom. The van der Waals surface area contributed by atoms with E-state index in [4.69, 9.17) is 6.42 Å². The van der Waals surface area contributed by atoms with Crippen LogP contribution >= 0.6 is 0 Å². The van der Waals surface area contributed by atoms with Crippen LogP contribution in [0.15, 0.2) is 24.5 Å². The van der Waals surface area contributed by atoms with E-state index in [0.717, 1.165) is 19.6 Å². The van der Waals surface area contributed by atoms with Gasteiger partial charge < -0.3 is 10.2 Å². The second-order valence-corrected chi connectivity index (χ2v) is 3.48. The third kappa shape index (κ3) is 5.16. The average molecular weight is 203 g/mol. The first kappa shape index (κ1) is 11.7. The minimum Gasteiger partial charge on any atom is -0.305 e. The Balaban J connectivity index is 2.19. The zero-order chi connectivity index (χ0) is 10.9. The number of terminal acetylenes is 1. The Hall–Kier alpha value is -1.37. The zero-order valence-electron chi connectivity index (χ0n) is 9.11. The Bertz CT molecular complexity index is 302. The highest BCUT2D eigenvalue weighted by atomic mass is 15.1. The van der Waals surface area contributed by atoms with E-state index in [1.165, 1.54) is 5.56 Å². The number of rotatable bonds is 6. The molecule has 3 heteroatoms. The minimum absolute atomic E-state index is 0.640. The van der Waals surface area contributed by atoms with Crippen LogP contribution in [-0.4, -0.2) is 36.6 Å². The molecule has 0 bridgehead atoms. The normalized spacial score (nSPS) is 10.2. The van der Waals surface area contributed by atoms with Gasteiger partial charge in [0.1, 0.15) is 0 Å². The van der Waals surface area contributed by atoms with Crippen LogP contribution in [0.5, 0.6) is 0 Å². The van der Waals surface area contributed by atoms with Gasteiger partial charge in [-0.2, -0.15) is 0 Å². The maximum Gasteiger partial charge on any atom is 0.0574 e. The molecular formula is C12H17N3. The molecule has 1 N–H and O–H groups in total. The van der Waals surface area contributed by atoms with Gasteiger partial charge in [0.05, 0.1) is 6.54 Å². The lowest BCUT2D eigenvalue weighted by Crippen LogP contribution is -2.29. The summed E-state index contributed by atoms with van der Waals surface area (Å²) in [6.07, 6.45) is 8.82. The number of hydrogen-bond donors (Lipinski definition) is 1. The molecule has 1 aromatic heterocycles. The lowest BCUT2D eigenvalue weighted by atomic mass is 10.3. The largest absolute Gasteiger partial charge is 0.305 e. The monoisotopic (exact) mass is 203 g/mol. The van der Waals surface area contributed by atoms with Crippen LogP contribution in [0.3, 0.4) is 0 Å². The molecule has 0 unspecified atom stereocenters. The number of likely N-dealkylation sites (N-methyl/N-ethyl adjacent to an activating group) is 1. The van der Waals surface area contributed by atoms with Gasteiger partial charge in [-0.15, -0.1) is 6.42 Å². The summed E-state index contributed by atoms with van der Waals surface area (Å²) >= 11 is 0. The number of pyridine rings is 1. The van der Waals surface area contributed by atoms with Gasteiger partial charge in [-0.1, -0.05) is 12.0 Å². The summed E-state index contributed by atoms with van der Waals surface area (Å²) in [7, 11) is 2.09. The van der Waals surface area contributed by atoms with Gasteiger partial charge in [0.2, 0.25) is 0 Å². The van der Waals surface area contributed by atoms with E-state index in [1.54, 1.807) is 6.20 Å². The van der Waals surface area contributed by atoms with E-state index in [2.05, 4.69) is 34.2 Å². The second kappa shape index (κ2) is 6.99. The maximum atomic E-state index is 5.13. The molecule has 0 aliphatic heterocycles. The first-order valence-electron chi connectivity index (χ1n) is 5.04. The van der Waals surface area contributed by atoms with Crippen LogP contribution in [0.4, 0.5) is 0 Å². The highest BCUT2D eigenvalue weighted by molar-refractivity contribution is 5.07. The molecule has 0 atom stereocenters. The van der Waals surface area contributed by atoms with Gasteiger partial charge >= 0.3 is 0 Å². The van der Waals surface area contributed by atoms with E-state index < -0.39 is 0 Å². The van der Waals surface area contributed by atoms with E-state index in [9.17, 15) is 0 Å². The summed E-state index contributed by atoms with van der Waals surface area (Å²) < 4.78 is 0. The summed E-state index contributed by atoms with van der Waals surface area (Å²) in [5.74, 6) is 2.55. The molecule has 0 amide bonds. The van der Waals surface area contributed by atoms with Crippen molar-refractivity contribution in [2.45, 2.75) is 6.54 Å². The van der Waals surface area contributed by atoms with Gasteiger partial charge in [0, 0.05) is 32.0 Å². The molecule has 0 aliphatic carbocycles. The van der Waals surface area contributed by atoms with Crippen LogP contribution < -0.4 is 5.32 Å². The van der Waals surface area contributed by atoms with Crippen molar-refractivity contribution in [2.24, 2.45) is 0 Å². The smallest absolute Gasteiger partial charge is 0.0574 e. The Kier molecular flexibility index (Phi) is 5.46. The first-order chi connectivity index (χ1) is 7.33. The first-order valence-corrected chi connectivity index (χ1v) is 5.04. The maximum absolute atomic E-state index is 5.13. The number of nitrogens with one attached hydrogen (secondary N) is 1. The van der Waals surface area contributed by atoms with Crippen LogP contribution in [0.25, 0.3) is 0 Å². The van der Waals surface area contributed by atoms with Crippen molar-refractivity contribution in [1.29, 1.82) is 0 Å². The molecule has 0 fully saturated rings. The summed E-state index contributed by atoms with van der Waals surface area (Å²) in [6.45, 7) is 3.46. The molecule has 0 aromatic carbocycles. The highest BCUT2D eigenvalue weighted by Crippen LogP contribution is 1.99. The van der Waals surface area contributed by atoms with Gasteiger partial charge in [-0.3, -0.25) is 4.98 Å². The van der Waals surface area contributed by atoms with Crippen LogP contribution in [0, 0.1) is 12.3 Å². The second-order valence-electron chi connectivity index (χ2n) is 3.48. The SMILES string of the molecule is C#CCNCCN(C)Cc1cccnc1. The fourth-order valence-electron chi connectivity index (χ4n) is 1.31. The molecule has 0 saturated heterocycles. The molecule has 1 rings (SSSR count). The molecular weight excluding hydrogens is 186 g/mol. The minimum atomic E-state index is 0.640. The lowest BCUT2D eigenvalue weighted by molar-refractivity contribution is 0.326. The Morgan fingerprint density at radius 1 is 1.60 bits per heavy atom. The Morgan fingerprint density at radius 3 is 3.13 bits per heavy atom. The van der Waals surface area contributed by atoms with Crippen molar-refractivity contribution in [3.05, 3.63) is 30.1 Å². The van der Waals surface area contributed by atoms with Gasteiger partial charge in [-0.05, 0) is 18.7 Å². The van der Waals surface area contributed by atoms with E-state index in [1.807, 2.05) is 12.3 Å². The molecule has 15 heavy (non-hydrogen) atoms. The van der Waals surface area contributed by atoms with Crippen LogP contribution in [0.2, 0.25) is 0 Å². The fraction of sp³-hybridized carbons (Fsp3) is 0.417. The van der Waals surface area contributed by atoms with Crippen molar-refractivity contribution in [3.63, 3.8) is 0 Å². The zero-order valence-corrected chi connectivity index (χ0v) is 9.11. The molecule has 80 valence electrons. The number of hydrogen-bond acceptors (Lipinski definition) is 3. The van der Waals surface area contributed by atoms with Crippen molar-refractivity contribution >= 4 is 0 Å². The van der Waals surface area contributed by atoms with E-state index >= 15 is 0 Å². The fourth-order valence-corrected chi connectivity index (χ4v) is 1.31. The predicted molar refractivity (Wildman–Crippen MR) is 62.3 cm³/mol. The summed E-state index contributed by atoms with van der Waals surface area (Å²) in [4.78, 5) is 6.32. The van der Waals surface area contributed by atoms with E-state index in [-0.39, 0.29) is 0 Å². The Labute approximate surface area is 91.5 Å². The molecule has 0 radical (unpaired) electrons. The summed E-state index contributed by atoms with van der Waals surface area (Å²) in [5, 5.41) is 3.16. The van der Waals surface area contributed by atoms with Crippen LogP contribution in [-0.2, 0) is 6.54 Å². The number of nitrogens with zero attached hydrogens (tertiary/aromatic N) is 2. The molecule has 1 heterocycles. The van der Waals surface area contributed by atoms with Crippen LogP contribution in [0.1, 0.15) is 5.56 Å². The van der Waals surface area contributed by atoms with Crippen molar-refractivity contribution < 1.29 is 0 Å². The summed E-state index contributed by atoms with van der Waals surface area (Å²) in [5.41, 5.74) is 1.23. The predicted octanol–water partition coefficient (Wildman–Crippen LogP) is 0.736. The van der Waals surface area contributed by atoms with Crippen molar-refractivity contribution in [2.75, 3.05) is 26.7 Å². The topological polar surface area (TPSA) is 28.2 Å². The molecule has 0 spiro atoms. The average Bonchev–Trinajstić information content (AvgIpc) is 2.26. The molecule has 0 aliphatic rings. The lowest BCUT2D eigenvalue weighted by Gasteiger charge is -2.16. The third-order valence-corrected chi connectivity index (χ3v) is 2.07. The summed E-state index contributed by atoms with van der Waals surface area (Å²) in [6, 6.07) is 4.04. The molecule has 0 saturated carbocycles. The van der Waals surface area contributed by atoms with Crippen molar-refractivity contribution in [1.82, 2.24) is 15.2 Å². The quantitative estimate of drug-likeness (QED) is 0.546. The standard InChI is InChI=1S/C12H17N3/c1-3-6-13-8-9-15(2)11-12-5-4-7-14-10-12/h1,4-5,7,10,13H,6,8-9,11H2,2H3. The van der Waals surface area contributed by atoms with Crippen molar-refractivity contribution in [3.8, 4) is 12.3 Å². The number of aromatic nitrogens is 1.